The van der Waals surface area contributed by atoms with Crippen LogP contribution in [0.2, 0.25) is 0 Å². The monoisotopic (exact) mass is 247 g/mol. The van der Waals surface area contributed by atoms with Crippen LogP contribution < -0.4 is 9.64 Å². The molecule has 0 N–H and O–H groups in total. The minimum absolute atomic E-state index is 0.218. The minimum atomic E-state index is 0.218. The van der Waals surface area contributed by atoms with Crippen molar-refractivity contribution in [3.63, 3.8) is 0 Å². The van der Waals surface area contributed by atoms with Crippen LogP contribution in [0.5, 0.6) is 5.75 Å². The maximum Gasteiger partial charge on any atom is 0.127 e. The molecule has 3 heteroatoms. The van der Waals surface area contributed by atoms with E-state index in [1.165, 1.54) is 11.3 Å². The van der Waals surface area contributed by atoms with Crippen LogP contribution in [-0.2, 0) is 11.2 Å². The van der Waals surface area contributed by atoms with Gasteiger partial charge in [0.25, 0.3) is 0 Å². The van der Waals surface area contributed by atoms with Gasteiger partial charge in [0.05, 0.1) is 7.11 Å². The average Bonchev–Trinajstić information content (AvgIpc) is 2.38. The maximum absolute atomic E-state index is 10.7. The summed E-state index contributed by atoms with van der Waals surface area (Å²) >= 11 is 0. The molecule has 98 valence electrons. The molecule has 0 bridgehead atoms. The zero-order valence-electron chi connectivity index (χ0n) is 11.4. The van der Waals surface area contributed by atoms with Gasteiger partial charge in [0, 0.05) is 31.3 Å². The molecule has 0 spiro atoms. The molecule has 0 saturated carbocycles. The molecule has 1 unspecified atom stereocenters. The highest BCUT2D eigenvalue weighted by Crippen LogP contribution is 2.39. The van der Waals surface area contributed by atoms with Gasteiger partial charge in [-0.3, -0.25) is 0 Å². The lowest BCUT2D eigenvalue weighted by atomic mass is 9.91. The van der Waals surface area contributed by atoms with E-state index >= 15 is 0 Å². The Morgan fingerprint density at radius 2 is 2.28 bits per heavy atom. The molecule has 0 saturated heterocycles. The Kier molecular flexibility index (Phi) is 3.90. The van der Waals surface area contributed by atoms with Crippen molar-refractivity contribution >= 4 is 12.0 Å². The number of hydrogen-bond acceptors (Lipinski definition) is 3. The van der Waals surface area contributed by atoms with Gasteiger partial charge in [-0.1, -0.05) is 13.0 Å². The number of hydrogen-bond donors (Lipinski definition) is 0. The van der Waals surface area contributed by atoms with E-state index in [-0.39, 0.29) is 5.92 Å². The Hall–Kier alpha value is -1.51. The van der Waals surface area contributed by atoms with Crippen molar-refractivity contribution in [2.45, 2.75) is 32.1 Å². The highest BCUT2D eigenvalue weighted by atomic mass is 16.5. The number of ether oxygens (including phenoxy) is 1. The predicted molar refractivity (Wildman–Crippen MR) is 73.7 cm³/mol. The Morgan fingerprint density at radius 3 is 2.94 bits per heavy atom. The molecular formula is C15H21NO2. The van der Waals surface area contributed by atoms with Crippen LogP contribution in [0.25, 0.3) is 0 Å². The smallest absolute Gasteiger partial charge is 0.127 e. The van der Waals surface area contributed by atoms with E-state index in [4.69, 9.17) is 4.74 Å². The lowest BCUT2D eigenvalue weighted by molar-refractivity contribution is -0.108. The van der Waals surface area contributed by atoms with Crippen molar-refractivity contribution < 1.29 is 9.53 Å². The van der Waals surface area contributed by atoms with Crippen LogP contribution in [0, 0.1) is 0 Å². The largest absolute Gasteiger partial charge is 0.496 e. The molecule has 0 radical (unpaired) electrons. The number of anilines is 1. The van der Waals surface area contributed by atoms with Crippen molar-refractivity contribution in [2.24, 2.45) is 0 Å². The van der Waals surface area contributed by atoms with Crippen molar-refractivity contribution in [1.29, 1.82) is 0 Å². The normalized spacial score (nSPS) is 16.1. The molecule has 0 aromatic heterocycles. The van der Waals surface area contributed by atoms with Gasteiger partial charge in [0.15, 0.2) is 0 Å². The first-order valence-electron chi connectivity index (χ1n) is 6.53. The summed E-state index contributed by atoms with van der Waals surface area (Å²) in [5, 5.41) is 0. The highest BCUT2D eigenvalue weighted by Gasteiger charge is 2.22. The van der Waals surface area contributed by atoms with Gasteiger partial charge in [-0.15, -0.1) is 0 Å². The van der Waals surface area contributed by atoms with Crippen LogP contribution in [0.3, 0.4) is 0 Å². The lowest BCUT2D eigenvalue weighted by Crippen LogP contribution is -2.25. The quantitative estimate of drug-likeness (QED) is 0.766. The Balaban J connectivity index is 2.47. The van der Waals surface area contributed by atoms with Crippen molar-refractivity contribution in [3.8, 4) is 5.75 Å². The molecule has 18 heavy (non-hydrogen) atoms. The average molecular weight is 247 g/mol. The van der Waals surface area contributed by atoms with E-state index in [0.717, 1.165) is 37.0 Å². The summed E-state index contributed by atoms with van der Waals surface area (Å²) in [5.74, 6) is 1.20. The lowest BCUT2D eigenvalue weighted by Gasteiger charge is -2.30. The summed E-state index contributed by atoms with van der Waals surface area (Å²) in [6.45, 7) is 3.17. The van der Waals surface area contributed by atoms with E-state index in [1.807, 2.05) is 0 Å². The molecule has 0 amide bonds. The first kappa shape index (κ1) is 12.9. The maximum atomic E-state index is 10.7. The van der Waals surface area contributed by atoms with E-state index in [1.54, 1.807) is 7.11 Å². The third-order valence-electron chi connectivity index (χ3n) is 3.78. The Bertz CT molecular complexity index is 442. The first-order valence-corrected chi connectivity index (χ1v) is 6.53. The van der Waals surface area contributed by atoms with E-state index in [0.29, 0.717) is 6.42 Å². The number of methoxy groups -OCH3 is 1. The van der Waals surface area contributed by atoms with E-state index in [9.17, 15) is 4.79 Å². The first-order chi connectivity index (χ1) is 8.69. The van der Waals surface area contributed by atoms with Crippen molar-refractivity contribution in [2.75, 3.05) is 25.6 Å². The van der Waals surface area contributed by atoms with E-state index < -0.39 is 0 Å². The second kappa shape index (κ2) is 5.42. The summed E-state index contributed by atoms with van der Waals surface area (Å²) < 4.78 is 5.62. The molecule has 1 heterocycles. The molecule has 3 nitrogen and oxygen atoms in total. The predicted octanol–water partition coefficient (Wildman–Crippen LogP) is 2.77. The number of carbonyl (C=O) groups is 1. The number of rotatable bonds is 4. The van der Waals surface area contributed by atoms with Gasteiger partial charge in [-0.2, -0.15) is 0 Å². The number of fused-ring (bicyclic) bond motifs is 1. The number of carbonyl (C=O) groups excluding carboxylic acids is 1. The molecule has 1 aromatic rings. The minimum Gasteiger partial charge on any atom is -0.496 e. The van der Waals surface area contributed by atoms with Crippen LogP contribution in [0.15, 0.2) is 12.1 Å². The van der Waals surface area contributed by atoms with Crippen LogP contribution in [0.1, 0.15) is 36.8 Å². The van der Waals surface area contributed by atoms with Gasteiger partial charge in [-0.05, 0) is 30.4 Å². The summed E-state index contributed by atoms with van der Waals surface area (Å²) in [5.41, 5.74) is 3.71. The third kappa shape index (κ3) is 2.22. The van der Waals surface area contributed by atoms with E-state index in [2.05, 4.69) is 31.0 Å². The summed E-state index contributed by atoms with van der Waals surface area (Å²) in [4.78, 5) is 13.0. The fraction of sp³-hybridized carbons (Fsp3) is 0.533. The number of benzene rings is 1. The molecule has 2 rings (SSSR count). The van der Waals surface area contributed by atoms with Gasteiger partial charge in [0.2, 0.25) is 0 Å². The third-order valence-corrected chi connectivity index (χ3v) is 3.78. The Morgan fingerprint density at radius 1 is 1.50 bits per heavy atom. The second-order valence-corrected chi connectivity index (χ2v) is 5.01. The SMILES string of the molecule is COc1c(C(C)CC=O)ccc2c1CCCN2C. The zero-order valence-corrected chi connectivity index (χ0v) is 11.4. The van der Waals surface area contributed by atoms with Crippen LogP contribution in [-0.4, -0.2) is 27.0 Å². The van der Waals surface area contributed by atoms with Gasteiger partial charge < -0.3 is 14.4 Å². The molecule has 0 fully saturated rings. The Labute approximate surface area is 109 Å². The molecule has 1 aliphatic heterocycles. The zero-order chi connectivity index (χ0) is 13.1. The molecule has 1 aromatic carbocycles. The fourth-order valence-corrected chi connectivity index (χ4v) is 2.75. The highest BCUT2D eigenvalue weighted by molar-refractivity contribution is 5.64. The number of nitrogens with zero attached hydrogens (tertiary/aromatic N) is 1. The van der Waals surface area contributed by atoms with Crippen molar-refractivity contribution in [1.82, 2.24) is 0 Å². The molecule has 1 atom stereocenters. The molecule has 1 aliphatic rings. The summed E-state index contributed by atoms with van der Waals surface area (Å²) in [6.07, 6.45) is 3.75. The van der Waals surface area contributed by atoms with Gasteiger partial charge in [-0.25, -0.2) is 0 Å². The van der Waals surface area contributed by atoms with Gasteiger partial charge in [0.1, 0.15) is 12.0 Å². The topological polar surface area (TPSA) is 29.5 Å². The molecular weight excluding hydrogens is 226 g/mol. The second-order valence-electron chi connectivity index (χ2n) is 5.01. The number of aldehydes is 1. The fourth-order valence-electron chi connectivity index (χ4n) is 2.75. The van der Waals surface area contributed by atoms with Crippen molar-refractivity contribution in [3.05, 3.63) is 23.3 Å². The van der Waals surface area contributed by atoms with Gasteiger partial charge >= 0.3 is 0 Å². The summed E-state index contributed by atoms with van der Waals surface area (Å²) in [6, 6.07) is 4.27. The van der Waals surface area contributed by atoms with Crippen LogP contribution in [0.4, 0.5) is 5.69 Å². The molecule has 0 aliphatic carbocycles. The van der Waals surface area contributed by atoms with Crippen LogP contribution >= 0.6 is 0 Å². The summed E-state index contributed by atoms with van der Waals surface area (Å²) in [7, 11) is 3.84. The standard InChI is InChI=1S/C15H21NO2/c1-11(8-10-17)12-6-7-14-13(15(12)18-3)5-4-9-16(14)2/h6-7,10-11H,4-5,8-9H2,1-3H3.